The molecule has 0 amide bonds. The molecule has 15 heavy (non-hydrogen) atoms. The monoisotopic (exact) mass is 208 g/mol. The molecule has 0 saturated heterocycles. The lowest BCUT2D eigenvalue weighted by Crippen LogP contribution is -2.22. The summed E-state index contributed by atoms with van der Waals surface area (Å²) in [7, 11) is 3.46. The fraction of sp³-hybridized carbons (Fsp3) is 0.364. The predicted molar refractivity (Wildman–Crippen MR) is 56.3 cm³/mol. The molecular weight excluding hydrogens is 195 g/mol. The van der Waals surface area contributed by atoms with Gasteiger partial charge in [-0.1, -0.05) is 0 Å². The number of hydrogen-bond acceptors (Lipinski definition) is 3. The minimum atomic E-state index is -0.393. The van der Waals surface area contributed by atoms with Crippen LogP contribution in [0.2, 0.25) is 0 Å². The summed E-state index contributed by atoms with van der Waals surface area (Å²) in [5.41, 5.74) is 1.06. The highest BCUT2D eigenvalue weighted by molar-refractivity contribution is 5.58. The molecule has 3 nitrogen and oxygen atoms in total. The zero-order valence-electron chi connectivity index (χ0n) is 8.83. The van der Waals surface area contributed by atoms with Crippen molar-refractivity contribution in [2.45, 2.75) is 0 Å². The summed E-state index contributed by atoms with van der Waals surface area (Å²) < 4.78 is 17.8. The van der Waals surface area contributed by atoms with Crippen molar-refractivity contribution < 1.29 is 9.13 Å². The van der Waals surface area contributed by atoms with E-state index in [1.165, 1.54) is 12.1 Å². The number of nitriles is 1. The van der Waals surface area contributed by atoms with Gasteiger partial charge in [0.05, 0.1) is 17.9 Å². The van der Waals surface area contributed by atoms with Crippen LogP contribution in [-0.4, -0.2) is 27.3 Å². The molecule has 4 heteroatoms. The summed E-state index contributed by atoms with van der Waals surface area (Å²) in [5.74, 6) is -0.393. The summed E-state index contributed by atoms with van der Waals surface area (Å²) in [6.45, 7) is 1.23. The first-order valence-corrected chi connectivity index (χ1v) is 4.58. The van der Waals surface area contributed by atoms with Gasteiger partial charge in [-0.15, -0.1) is 0 Å². The molecule has 0 radical (unpaired) electrons. The molecule has 0 heterocycles. The minimum Gasteiger partial charge on any atom is -0.383 e. The standard InChI is InChI=1S/C11H13FN2O/c1-14(5-6-15-2)11-4-3-10(12)7-9(11)8-13/h3-4,7H,5-6H2,1-2H3. The van der Waals surface area contributed by atoms with Gasteiger partial charge in [0.1, 0.15) is 11.9 Å². The largest absolute Gasteiger partial charge is 0.383 e. The fourth-order valence-electron chi connectivity index (χ4n) is 1.28. The van der Waals surface area contributed by atoms with Gasteiger partial charge in [-0.2, -0.15) is 5.26 Å². The first kappa shape index (κ1) is 11.5. The van der Waals surface area contributed by atoms with E-state index in [0.717, 1.165) is 5.69 Å². The minimum absolute atomic E-state index is 0.341. The highest BCUT2D eigenvalue weighted by Crippen LogP contribution is 2.19. The molecule has 0 aliphatic rings. The zero-order valence-corrected chi connectivity index (χ0v) is 8.83. The average molecular weight is 208 g/mol. The van der Waals surface area contributed by atoms with E-state index in [2.05, 4.69) is 0 Å². The Bertz CT molecular complexity index is 373. The lowest BCUT2D eigenvalue weighted by atomic mass is 10.2. The van der Waals surface area contributed by atoms with Gasteiger partial charge < -0.3 is 9.64 Å². The normalized spacial score (nSPS) is 9.73. The highest BCUT2D eigenvalue weighted by atomic mass is 19.1. The van der Waals surface area contributed by atoms with Crippen LogP contribution in [0.15, 0.2) is 18.2 Å². The number of methoxy groups -OCH3 is 1. The van der Waals surface area contributed by atoms with Gasteiger partial charge in [0.25, 0.3) is 0 Å². The van der Waals surface area contributed by atoms with Crippen LogP contribution in [0.25, 0.3) is 0 Å². The summed E-state index contributed by atoms with van der Waals surface area (Å²) in [6, 6.07) is 6.15. The molecule has 0 aliphatic heterocycles. The van der Waals surface area contributed by atoms with E-state index in [9.17, 15) is 4.39 Å². The number of likely N-dealkylation sites (N-methyl/N-ethyl adjacent to an activating group) is 1. The Morgan fingerprint density at radius 1 is 1.53 bits per heavy atom. The molecule has 1 rings (SSSR count). The average Bonchev–Trinajstić information content (AvgIpc) is 2.25. The molecule has 1 aromatic rings. The maximum atomic E-state index is 12.9. The Morgan fingerprint density at radius 3 is 2.87 bits per heavy atom. The van der Waals surface area contributed by atoms with Gasteiger partial charge in [0.2, 0.25) is 0 Å². The van der Waals surface area contributed by atoms with Crippen molar-refractivity contribution in [2.24, 2.45) is 0 Å². The van der Waals surface area contributed by atoms with E-state index < -0.39 is 5.82 Å². The molecule has 0 N–H and O–H groups in total. The zero-order chi connectivity index (χ0) is 11.3. The first-order valence-electron chi connectivity index (χ1n) is 4.58. The topological polar surface area (TPSA) is 36.3 Å². The van der Waals surface area contributed by atoms with Crippen molar-refractivity contribution in [3.63, 3.8) is 0 Å². The van der Waals surface area contributed by atoms with Crippen LogP contribution in [-0.2, 0) is 4.74 Å². The molecule has 1 aromatic carbocycles. The third kappa shape index (κ3) is 2.93. The van der Waals surface area contributed by atoms with Crippen molar-refractivity contribution in [1.29, 1.82) is 5.26 Å². The van der Waals surface area contributed by atoms with Gasteiger partial charge in [-0.3, -0.25) is 0 Å². The summed E-state index contributed by atoms with van der Waals surface area (Å²) >= 11 is 0. The molecule has 0 unspecified atom stereocenters. The van der Waals surface area contributed by atoms with E-state index in [0.29, 0.717) is 18.7 Å². The maximum absolute atomic E-state index is 12.9. The van der Waals surface area contributed by atoms with Crippen molar-refractivity contribution >= 4 is 5.69 Å². The Hall–Kier alpha value is -1.60. The number of benzene rings is 1. The van der Waals surface area contributed by atoms with Gasteiger partial charge in [-0.05, 0) is 18.2 Å². The Labute approximate surface area is 88.7 Å². The maximum Gasteiger partial charge on any atom is 0.124 e. The van der Waals surface area contributed by atoms with Gasteiger partial charge in [-0.25, -0.2) is 4.39 Å². The summed E-state index contributed by atoms with van der Waals surface area (Å²) in [4.78, 5) is 1.86. The third-order valence-electron chi connectivity index (χ3n) is 2.12. The van der Waals surface area contributed by atoms with Crippen LogP contribution in [0.1, 0.15) is 5.56 Å². The molecule has 0 spiro atoms. The lowest BCUT2D eigenvalue weighted by Gasteiger charge is -2.19. The van der Waals surface area contributed by atoms with Crippen LogP contribution in [0.3, 0.4) is 0 Å². The predicted octanol–water partition coefficient (Wildman–Crippen LogP) is 1.78. The smallest absolute Gasteiger partial charge is 0.124 e. The number of halogens is 1. The number of anilines is 1. The van der Waals surface area contributed by atoms with Crippen LogP contribution in [0, 0.1) is 17.1 Å². The van der Waals surface area contributed by atoms with Crippen LogP contribution in [0.5, 0.6) is 0 Å². The van der Waals surface area contributed by atoms with E-state index in [1.807, 2.05) is 18.0 Å². The second kappa shape index (κ2) is 5.32. The Balaban J connectivity index is 2.89. The first-order chi connectivity index (χ1) is 7.19. The Kier molecular flexibility index (Phi) is 4.07. The summed E-state index contributed by atoms with van der Waals surface area (Å²) in [5, 5.41) is 8.84. The molecule has 0 bridgehead atoms. The molecule has 0 aliphatic carbocycles. The molecular formula is C11H13FN2O. The summed E-state index contributed by atoms with van der Waals surface area (Å²) in [6.07, 6.45) is 0. The van der Waals surface area contributed by atoms with Crippen molar-refractivity contribution in [1.82, 2.24) is 0 Å². The van der Waals surface area contributed by atoms with E-state index >= 15 is 0 Å². The lowest BCUT2D eigenvalue weighted by molar-refractivity contribution is 0.206. The number of hydrogen-bond donors (Lipinski definition) is 0. The molecule has 0 saturated carbocycles. The molecule has 0 aromatic heterocycles. The Morgan fingerprint density at radius 2 is 2.27 bits per heavy atom. The fourth-order valence-corrected chi connectivity index (χ4v) is 1.28. The van der Waals surface area contributed by atoms with Crippen LogP contribution >= 0.6 is 0 Å². The van der Waals surface area contributed by atoms with Crippen molar-refractivity contribution in [3.05, 3.63) is 29.6 Å². The van der Waals surface area contributed by atoms with Gasteiger partial charge in [0, 0.05) is 20.7 Å². The highest BCUT2D eigenvalue weighted by Gasteiger charge is 2.07. The molecule has 0 atom stereocenters. The van der Waals surface area contributed by atoms with Gasteiger partial charge in [0.15, 0.2) is 0 Å². The van der Waals surface area contributed by atoms with E-state index in [-0.39, 0.29) is 0 Å². The second-order valence-corrected chi connectivity index (χ2v) is 3.19. The number of nitrogens with zero attached hydrogens (tertiary/aromatic N) is 2. The number of ether oxygens (including phenoxy) is 1. The van der Waals surface area contributed by atoms with Crippen molar-refractivity contribution in [2.75, 3.05) is 32.2 Å². The second-order valence-electron chi connectivity index (χ2n) is 3.19. The molecule has 0 fully saturated rings. The molecule has 80 valence electrons. The van der Waals surface area contributed by atoms with Crippen molar-refractivity contribution in [3.8, 4) is 6.07 Å². The van der Waals surface area contributed by atoms with Crippen LogP contribution in [0.4, 0.5) is 10.1 Å². The van der Waals surface area contributed by atoms with E-state index in [1.54, 1.807) is 13.2 Å². The van der Waals surface area contributed by atoms with Gasteiger partial charge >= 0.3 is 0 Å². The SMILES string of the molecule is COCCN(C)c1ccc(F)cc1C#N. The number of rotatable bonds is 4. The quantitative estimate of drug-likeness (QED) is 0.756. The third-order valence-corrected chi connectivity index (χ3v) is 2.12. The van der Waals surface area contributed by atoms with Crippen LogP contribution < -0.4 is 4.90 Å². The van der Waals surface area contributed by atoms with E-state index in [4.69, 9.17) is 10.00 Å².